The zero-order chi connectivity index (χ0) is 14.8. The Kier molecular flexibility index (Phi) is 3.48. The number of fused-ring (bicyclic) bond motifs is 1. The van der Waals surface area contributed by atoms with Crippen LogP contribution in [-0.2, 0) is 17.6 Å². The summed E-state index contributed by atoms with van der Waals surface area (Å²) < 4.78 is 5.99. The lowest BCUT2D eigenvalue weighted by atomic mass is 9.96. The highest BCUT2D eigenvalue weighted by Gasteiger charge is 2.21. The molecule has 1 aliphatic heterocycles. The Bertz CT molecular complexity index is 741. The summed E-state index contributed by atoms with van der Waals surface area (Å²) in [5.41, 5.74) is 4.08. The summed E-state index contributed by atoms with van der Waals surface area (Å²) in [6, 6.07) is 15.7. The van der Waals surface area contributed by atoms with Crippen LogP contribution in [0.1, 0.15) is 18.2 Å². The molecule has 21 heavy (non-hydrogen) atoms. The fraction of sp³-hybridized carbons (Fsp3) is 0.167. The van der Waals surface area contributed by atoms with E-state index in [0.717, 1.165) is 34.4 Å². The van der Waals surface area contributed by atoms with Crippen LogP contribution in [0.2, 0.25) is 0 Å². The van der Waals surface area contributed by atoms with E-state index in [4.69, 9.17) is 9.52 Å². The van der Waals surface area contributed by atoms with E-state index in [-0.39, 0.29) is 6.42 Å². The van der Waals surface area contributed by atoms with E-state index in [1.165, 1.54) is 0 Å². The van der Waals surface area contributed by atoms with Crippen LogP contribution in [0, 0.1) is 0 Å². The SMILES string of the molecule is CCc1c2cccc-2c(CC(=O)O)oc1-c1ccccc1. The molecule has 1 aromatic rings. The number of hydrogen-bond donors (Lipinski definition) is 1. The van der Waals surface area contributed by atoms with Crippen molar-refractivity contribution in [2.24, 2.45) is 0 Å². The molecule has 0 bridgehead atoms. The molecule has 3 nitrogen and oxygen atoms in total. The summed E-state index contributed by atoms with van der Waals surface area (Å²) in [6.45, 7) is 2.08. The monoisotopic (exact) mass is 280 g/mol. The molecule has 1 N–H and O–H groups in total. The van der Waals surface area contributed by atoms with Crippen molar-refractivity contribution in [3.8, 4) is 22.5 Å². The highest BCUT2D eigenvalue weighted by atomic mass is 16.4. The van der Waals surface area contributed by atoms with Gasteiger partial charge in [0.15, 0.2) is 0 Å². The first-order chi connectivity index (χ1) is 10.2. The third-order valence-corrected chi connectivity index (χ3v) is 3.64. The molecule has 0 amide bonds. The van der Waals surface area contributed by atoms with Gasteiger partial charge >= 0.3 is 5.97 Å². The molecule has 0 atom stereocenters. The molecule has 1 aliphatic carbocycles. The highest BCUT2D eigenvalue weighted by molar-refractivity contribution is 5.81. The third-order valence-electron chi connectivity index (χ3n) is 3.64. The van der Waals surface area contributed by atoms with E-state index >= 15 is 0 Å². The van der Waals surface area contributed by atoms with E-state index in [1.54, 1.807) is 0 Å². The Hall–Kier alpha value is -2.55. The first-order valence-corrected chi connectivity index (χ1v) is 7.01. The molecule has 1 heterocycles. The molecule has 0 aromatic heterocycles. The molecule has 0 saturated carbocycles. The molecule has 1 aromatic carbocycles. The fourth-order valence-corrected chi connectivity index (χ4v) is 2.73. The average molecular weight is 280 g/mol. The molecule has 0 radical (unpaired) electrons. The van der Waals surface area contributed by atoms with Crippen molar-refractivity contribution in [3.05, 3.63) is 59.9 Å². The van der Waals surface area contributed by atoms with Crippen molar-refractivity contribution in [2.45, 2.75) is 19.8 Å². The first-order valence-electron chi connectivity index (χ1n) is 7.01. The number of carboxylic acids is 1. The van der Waals surface area contributed by atoms with E-state index in [1.807, 2.05) is 48.5 Å². The minimum atomic E-state index is -0.885. The van der Waals surface area contributed by atoms with Gasteiger partial charge in [0, 0.05) is 16.7 Å². The molecular formula is C18H16O3. The maximum Gasteiger partial charge on any atom is 0.311 e. The molecule has 0 saturated heterocycles. The summed E-state index contributed by atoms with van der Waals surface area (Å²) in [4.78, 5) is 11.1. The Labute approximate surface area is 123 Å². The quantitative estimate of drug-likeness (QED) is 0.777. The van der Waals surface area contributed by atoms with Crippen LogP contribution in [0.25, 0.3) is 22.5 Å². The van der Waals surface area contributed by atoms with Crippen molar-refractivity contribution in [1.82, 2.24) is 0 Å². The van der Waals surface area contributed by atoms with Crippen molar-refractivity contribution >= 4 is 5.97 Å². The summed E-state index contributed by atoms with van der Waals surface area (Å²) in [6.07, 6.45) is 0.728. The van der Waals surface area contributed by atoms with E-state index in [2.05, 4.69) is 6.92 Å². The van der Waals surface area contributed by atoms with Gasteiger partial charge in [-0.1, -0.05) is 55.5 Å². The van der Waals surface area contributed by atoms with Crippen molar-refractivity contribution in [2.75, 3.05) is 0 Å². The summed E-state index contributed by atoms with van der Waals surface area (Å²) in [5.74, 6) is 0.399. The second-order valence-corrected chi connectivity index (χ2v) is 4.98. The smallest absolute Gasteiger partial charge is 0.311 e. The summed E-state index contributed by atoms with van der Waals surface area (Å²) in [7, 11) is 0. The van der Waals surface area contributed by atoms with Crippen LogP contribution >= 0.6 is 0 Å². The van der Waals surface area contributed by atoms with Crippen molar-refractivity contribution < 1.29 is 14.3 Å². The zero-order valence-electron chi connectivity index (χ0n) is 11.8. The summed E-state index contributed by atoms with van der Waals surface area (Å²) >= 11 is 0. The predicted molar refractivity (Wildman–Crippen MR) is 81.5 cm³/mol. The maximum absolute atomic E-state index is 11.1. The lowest BCUT2D eigenvalue weighted by molar-refractivity contribution is -0.136. The second kappa shape index (κ2) is 5.44. The first kappa shape index (κ1) is 13.4. The van der Waals surface area contributed by atoms with Crippen LogP contribution in [0.4, 0.5) is 0 Å². The van der Waals surface area contributed by atoms with Crippen LogP contribution < -0.4 is 0 Å². The number of carboxylic acid groups (broad SMARTS) is 1. The van der Waals surface area contributed by atoms with Gasteiger partial charge in [0.05, 0.1) is 0 Å². The molecule has 3 heteroatoms. The Morgan fingerprint density at radius 2 is 1.76 bits per heavy atom. The topological polar surface area (TPSA) is 50.4 Å². The Morgan fingerprint density at radius 1 is 1.05 bits per heavy atom. The van der Waals surface area contributed by atoms with Gasteiger partial charge in [-0.05, 0) is 12.0 Å². The molecule has 3 rings (SSSR count). The van der Waals surface area contributed by atoms with Crippen LogP contribution in [0.5, 0.6) is 0 Å². The van der Waals surface area contributed by atoms with Gasteiger partial charge in [0.25, 0.3) is 0 Å². The number of aliphatic carboxylic acids is 1. The number of rotatable bonds is 4. The number of hydrogen-bond acceptors (Lipinski definition) is 2. The number of benzene rings is 1. The minimum Gasteiger partial charge on any atom is -0.481 e. The third kappa shape index (κ3) is 2.42. The Balaban J connectivity index is 2.27. The van der Waals surface area contributed by atoms with Gasteiger partial charge in [-0.25, -0.2) is 0 Å². The van der Waals surface area contributed by atoms with Crippen LogP contribution in [-0.4, -0.2) is 11.1 Å². The van der Waals surface area contributed by atoms with Gasteiger partial charge in [0.1, 0.15) is 17.9 Å². The van der Waals surface area contributed by atoms with E-state index in [0.29, 0.717) is 5.76 Å². The fourth-order valence-electron chi connectivity index (χ4n) is 2.73. The number of carbonyl (C=O) groups is 1. The zero-order valence-corrected chi connectivity index (χ0v) is 11.8. The molecule has 0 unspecified atom stereocenters. The lowest BCUT2D eigenvalue weighted by Gasteiger charge is -2.16. The van der Waals surface area contributed by atoms with E-state index in [9.17, 15) is 4.79 Å². The van der Waals surface area contributed by atoms with Gasteiger partial charge in [-0.3, -0.25) is 4.79 Å². The second-order valence-electron chi connectivity index (χ2n) is 4.98. The molecule has 2 aliphatic rings. The molecule has 0 spiro atoms. The van der Waals surface area contributed by atoms with Crippen molar-refractivity contribution in [1.29, 1.82) is 0 Å². The normalized spacial score (nSPS) is 10.9. The highest BCUT2D eigenvalue weighted by Crippen LogP contribution is 2.38. The van der Waals surface area contributed by atoms with Gasteiger partial charge in [-0.15, -0.1) is 0 Å². The lowest BCUT2D eigenvalue weighted by Crippen LogP contribution is -2.04. The minimum absolute atomic E-state index is 0.107. The average Bonchev–Trinajstić information content (AvgIpc) is 2.97. The molecule has 0 fully saturated rings. The largest absolute Gasteiger partial charge is 0.481 e. The molecule has 106 valence electrons. The van der Waals surface area contributed by atoms with Gasteiger partial charge in [-0.2, -0.15) is 0 Å². The van der Waals surface area contributed by atoms with Crippen molar-refractivity contribution in [3.63, 3.8) is 0 Å². The van der Waals surface area contributed by atoms with Crippen LogP contribution in [0.15, 0.2) is 52.9 Å². The van der Waals surface area contributed by atoms with Gasteiger partial charge < -0.3 is 9.52 Å². The standard InChI is InChI=1S/C18H16O3/c1-2-13-14-9-6-10-15(14)16(11-17(19)20)21-18(13)12-7-4-3-5-8-12/h3-10H,2,11H2,1H3,(H,19,20). The summed E-state index contributed by atoms with van der Waals surface area (Å²) in [5, 5.41) is 9.09. The maximum atomic E-state index is 11.1. The molecular weight excluding hydrogens is 264 g/mol. The Morgan fingerprint density at radius 3 is 2.43 bits per heavy atom. The van der Waals surface area contributed by atoms with E-state index < -0.39 is 5.97 Å². The van der Waals surface area contributed by atoms with Gasteiger partial charge in [0.2, 0.25) is 0 Å². The van der Waals surface area contributed by atoms with Crippen LogP contribution in [0.3, 0.4) is 0 Å². The predicted octanol–water partition coefficient (Wildman–Crippen LogP) is 4.24.